The summed E-state index contributed by atoms with van der Waals surface area (Å²) in [7, 11) is 0. The number of hydrogen-bond donors (Lipinski definition) is 1. The van der Waals surface area contributed by atoms with Crippen LogP contribution in [0.15, 0.2) is 66.7 Å². The molecule has 2 atom stereocenters. The molecular weight excluding hydrogens is 246 g/mol. The molecule has 0 bridgehead atoms. The van der Waals surface area contributed by atoms with Crippen LogP contribution in [0.2, 0.25) is 0 Å². The quantitative estimate of drug-likeness (QED) is 0.903. The summed E-state index contributed by atoms with van der Waals surface area (Å²) in [6, 6.07) is 20.5. The van der Waals surface area contributed by atoms with E-state index in [1.165, 1.54) is 5.56 Å². The fourth-order valence-corrected chi connectivity index (χ4v) is 2.66. The standard InChI is InChI=1S/C18H17NO/c20-18-13-16(15-9-5-2-6-10-15)17(19-18)12-11-14-7-3-1-4-8-14/h1-12,16-17H,13H2,(H,19,20)/b12-11+/t16-,17+/m1/s1. The Hall–Kier alpha value is -2.35. The molecule has 2 nitrogen and oxygen atoms in total. The zero-order valence-electron chi connectivity index (χ0n) is 11.2. The summed E-state index contributed by atoms with van der Waals surface area (Å²) >= 11 is 0. The van der Waals surface area contributed by atoms with Crippen molar-refractivity contribution in [2.75, 3.05) is 0 Å². The van der Waals surface area contributed by atoms with E-state index in [0.717, 1.165) is 5.56 Å². The molecule has 1 aliphatic rings. The lowest BCUT2D eigenvalue weighted by Crippen LogP contribution is -2.25. The number of hydrogen-bond acceptors (Lipinski definition) is 1. The van der Waals surface area contributed by atoms with Crippen LogP contribution in [0.5, 0.6) is 0 Å². The summed E-state index contributed by atoms with van der Waals surface area (Å²) in [5.74, 6) is 0.352. The number of nitrogens with one attached hydrogen (secondary N) is 1. The second-order valence-corrected chi connectivity index (χ2v) is 5.08. The predicted octanol–water partition coefficient (Wildman–Crippen LogP) is 3.37. The second kappa shape index (κ2) is 5.74. The zero-order valence-corrected chi connectivity index (χ0v) is 11.2. The van der Waals surface area contributed by atoms with Crippen LogP contribution in [-0.2, 0) is 4.79 Å². The maximum absolute atomic E-state index is 11.7. The van der Waals surface area contributed by atoms with Gasteiger partial charge < -0.3 is 5.32 Å². The van der Waals surface area contributed by atoms with Gasteiger partial charge in [0.1, 0.15) is 0 Å². The number of benzene rings is 2. The van der Waals surface area contributed by atoms with Gasteiger partial charge in [-0.3, -0.25) is 4.79 Å². The third-order valence-corrected chi connectivity index (χ3v) is 3.69. The van der Waals surface area contributed by atoms with Crippen LogP contribution in [0.4, 0.5) is 0 Å². The third-order valence-electron chi connectivity index (χ3n) is 3.69. The van der Waals surface area contributed by atoms with E-state index in [-0.39, 0.29) is 17.9 Å². The lowest BCUT2D eigenvalue weighted by Gasteiger charge is -2.15. The molecule has 0 unspecified atom stereocenters. The van der Waals surface area contributed by atoms with Gasteiger partial charge >= 0.3 is 0 Å². The van der Waals surface area contributed by atoms with E-state index < -0.39 is 0 Å². The summed E-state index contributed by atoms with van der Waals surface area (Å²) < 4.78 is 0. The van der Waals surface area contributed by atoms with Crippen LogP contribution in [0.1, 0.15) is 23.5 Å². The number of carbonyl (C=O) groups is 1. The lowest BCUT2D eigenvalue weighted by molar-refractivity contribution is -0.119. The summed E-state index contributed by atoms with van der Waals surface area (Å²) in [5, 5.41) is 3.05. The largest absolute Gasteiger partial charge is 0.349 e. The fourth-order valence-electron chi connectivity index (χ4n) is 2.66. The maximum atomic E-state index is 11.7. The van der Waals surface area contributed by atoms with Gasteiger partial charge in [-0.2, -0.15) is 0 Å². The van der Waals surface area contributed by atoms with Crippen molar-refractivity contribution in [3.05, 3.63) is 77.9 Å². The Morgan fingerprint density at radius 2 is 1.60 bits per heavy atom. The smallest absolute Gasteiger partial charge is 0.221 e. The first-order valence-corrected chi connectivity index (χ1v) is 6.90. The van der Waals surface area contributed by atoms with Crippen molar-refractivity contribution < 1.29 is 4.79 Å². The molecule has 0 spiro atoms. The van der Waals surface area contributed by atoms with Gasteiger partial charge in [0, 0.05) is 12.3 Å². The van der Waals surface area contributed by atoms with Crippen LogP contribution in [0, 0.1) is 0 Å². The summed E-state index contributed by atoms with van der Waals surface area (Å²) in [4.78, 5) is 11.7. The first-order chi connectivity index (χ1) is 9.83. The lowest BCUT2D eigenvalue weighted by atomic mass is 9.91. The van der Waals surface area contributed by atoms with Gasteiger partial charge in [0.25, 0.3) is 0 Å². The molecule has 0 aromatic heterocycles. The molecule has 0 aliphatic carbocycles. The molecule has 2 aromatic carbocycles. The number of amides is 1. The van der Waals surface area contributed by atoms with Crippen molar-refractivity contribution in [1.29, 1.82) is 0 Å². The van der Waals surface area contributed by atoms with E-state index in [0.29, 0.717) is 6.42 Å². The molecule has 1 aliphatic heterocycles. The van der Waals surface area contributed by atoms with E-state index >= 15 is 0 Å². The van der Waals surface area contributed by atoms with Crippen molar-refractivity contribution >= 4 is 12.0 Å². The predicted molar refractivity (Wildman–Crippen MR) is 81.2 cm³/mol. The Labute approximate surface area is 119 Å². The highest BCUT2D eigenvalue weighted by molar-refractivity contribution is 5.81. The van der Waals surface area contributed by atoms with E-state index in [2.05, 4.69) is 41.7 Å². The molecule has 1 fully saturated rings. The topological polar surface area (TPSA) is 29.1 Å². The normalized spacial score (nSPS) is 22.1. The number of carbonyl (C=O) groups excluding carboxylic acids is 1. The first kappa shape index (κ1) is 12.7. The van der Waals surface area contributed by atoms with E-state index in [1.54, 1.807) is 0 Å². The van der Waals surface area contributed by atoms with E-state index in [4.69, 9.17) is 0 Å². The van der Waals surface area contributed by atoms with Gasteiger partial charge in [-0.15, -0.1) is 0 Å². The zero-order chi connectivity index (χ0) is 13.8. The van der Waals surface area contributed by atoms with E-state index in [9.17, 15) is 4.79 Å². The minimum Gasteiger partial charge on any atom is -0.349 e. The third kappa shape index (κ3) is 2.80. The van der Waals surface area contributed by atoms with Gasteiger partial charge in [-0.25, -0.2) is 0 Å². The molecule has 1 heterocycles. The van der Waals surface area contributed by atoms with Gasteiger partial charge in [0.2, 0.25) is 5.91 Å². The van der Waals surface area contributed by atoms with Crippen molar-refractivity contribution in [2.45, 2.75) is 18.4 Å². The molecule has 1 N–H and O–H groups in total. The highest BCUT2D eigenvalue weighted by atomic mass is 16.1. The molecule has 0 saturated carbocycles. The molecule has 1 saturated heterocycles. The Morgan fingerprint density at radius 1 is 0.950 bits per heavy atom. The summed E-state index contributed by atoms with van der Waals surface area (Å²) in [5.41, 5.74) is 2.37. The summed E-state index contributed by atoms with van der Waals surface area (Å²) in [6.45, 7) is 0. The minimum absolute atomic E-state index is 0.0742. The average molecular weight is 263 g/mol. The first-order valence-electron chi connectivity index (χ1n) is 6.90. The van der Waals surface area contributed by atoms with Gasteiger partial charge in [0.05, 0.1) is 6.04 Å². The van der Waals surface area contributed by atoms with Crippen molar-refractivity contribution in [3.8, 4) is 0 Å². The summed E-state index contributed by atoms with van der Waals surface area (Å²) in [6.07, 6.45) is 4.73. The number of rotatable bonds is 3. The maximum Gasteiger partial charge on any atom is 0.221 e. The van der Waals surface area contributed by atoms with Crippen molar-refractivity contribution in [2.24, 2.45) is 0 Å². The van der Waals surface area contributed by atoms with Crippen LogP contribution in [0.25, 0.3) is 6.08 Å². The molecule has 0 radical (unpaired) electrons. The fraction of sp³-hybridized carbons (Fsp3) is 0.167. The Balaban J connectivity index is 1.81. The van der Waals surface area contributed by atoms with E-state index in [1.807, 2.05) is 36.4 Å². The highest BCUT2D eigenvalue weighted by Gasteiger charge is 2.31. The van der Waals surface area contributed by atoms with Crippen molar-refractivity contribution in [3.63, 3.8) is 0 Å². The molecule has 2 heteroatoms. The monoisotopic (exact) mass is 263 g/mol. The SMILES string of the molecule is O=C1C[C@H](c2ccccc2)[C@H](/C=C/c2ccccc2)N1. The van der Waals surface area contributed by atoms with Crippen LogP contribution in [-0.4, -0.2) is 11.9 Å². The van der Waals surface area contributed by atoms with Crippen LogP contribution >= 0.6 is 0 Å². The van der Waals surface area contributed by atoms with Crippen LogP contribution < -0.4 is 5.32 Å². The van der Waals surface area contributed by atoms with Crippen LogP contribution in [0.3, 0.4) is 0 Å². The molecular formula is C18H17NO. The molecule has 1 amide bonds. The average Bonchev–Trinajstić information content (AvgIpc) is 2.88. The van der Waals surface area contributed by atoms with Gasteiger partial charge in [-0.05, 0) is 11.1 Å². The Kier molecular flexibility index (Phi) is 3.64. The van der Waals surface area contributed by atoms with Crippen molar-refractivity contribution in [1.82, 2.24) is 5.32 Å². The molecule has 20 heavy (non-hydrogen) atoms. The molecule has 100 valence electrons. The van der Waals surface area contributed by atoms with Gasteiger partial charge in [-0.1, -0.05) is 72.8 Å². The highest BCUT2D eigenvalue weighted by Crippen LogP contribution is 2.29. The second-order valence-electron chi connectivity index (χ2n) is 5.08. The molecule has 2 aromatic rings. The Bertz CT molecular complexity index is 604. The van der Waals surface area contributed by atoms with Gasteiger partial charge in [0.15, 0.2) is 0 Å². The minimum atomic E-state index is 0.0742. The Morgan fingerprint density at radius 3 is 2.30 bits per heavy atom. The molecule has 3 rings (SSSR count).